The maximum atomic E-state index is 5.96. The lowest BCUT2D eigenvalue weighted by molar-refractivity contribution is 0.289. The largest absolute Gasteiger partial charge is 0.493 e. The van der Waals surface area contributed by atoms with Crippen molar-refractivity contribution in [1.82, 2.24) is 0 Å². The maximum Gasteiger partial charge on any atom is 0.123 e. The molecule has 0 saturated carbocycles. The molecule has 1 aromatic rings. The molecule has 0 aromatic heterocycles. The van der Waals surface area contributed by atoms with Crippen molar-refractivity contribution in [2.24, 2.45) is 0 Å². The van der Waals surface area contributed by atoms with Gasteiger partial charge in [0.25, 0.3) is 0 Å². The first-order valence-electron chi connectivity index (χ1n) is 10.9. The molecule has 0 saturated heterocycles. The van der Waals surface area contributed by atoms with Crippen LogP contribution in [0.15, 0.2) is 24.8 Å². The Hall–Kier alpha value is -0.480. The fourth-order valence-corrected chi connectivity index (χ4v) is 3.86. The predicted octanol–water partition coefficient (Wildman–Crippen LogP) is 8.56. The molecule has 0 atom stereocenters. The molecule has 1 rings (SSSR count). The zero-order valence-electron chi connectivity index (χ0n) is 17.4. The molecule has 0 aliphatic heterocycles. The summed E-state index contributed by atoms with van der Waals surface area (Å²) in [6.07, 6.45) is 17.0. The minimum absolute atomic E-state index is 0.771. The lowest BCUT2D eigenvalue weighted by Gasteiger charge is -2.11. The molecule has 0 amide bonds. The summed E-state index contributed by atoms with van der Waals surface area (Å²) in [5, 5.41) is 2.25. The van der Waals surface area contributed by atoms with Gasteiger partial charge in [-0.3, -0.25) is 0 Å². The summed E-state index contributed by atoms with van der Waals surface area (Å²) in [6, 6.07) is 6.10. The van der Waals surface area contributed by atoms with Crippen LogP contribution in [0.25, 0.3) is 6.08 Å². The Kier molecular flexibility index (Phi) is 16.9. The van der Waals surface area contributed by atoms with Crippen LogP contribution < -0.4 is 9.47 Å². The van der Waals surface area contributed by atoms with Crippen molar-refractivity contribution >= 4 is 37.9 Å². The van der Waals surface area contributed by atoms with E-state index in [-0.39, 0.29) is 0 Å². The highest BCUT2D eigenvalue weighted by molar-refractivity contribution is 9.09. The normalized spacial score (nSPS) is 10.8. The zero-order chi connectivity index (χ0) is 20.3. The van der Waals surface area contributed by atoms with Gasteiger partial charge in [0.15, 0.2) is 0 Å². The van der Waals surface area contributed by atoms with Crippen molar-refractivity contribution in [3.8, 4) is 11.5 Å². The second-order valence-electron chi connectivity index (χ2n) is 7.26. The second kappa shape index (κ2) is 18.5. The summed E-state index contributed by atoms with van der Waals surface area (Å²) in [7, 11) is 0. The minimum atomic E-state index is 0.771. The number of alkyl halides is 2. The van der Waals surface area contributed by atoms with E-state index in [0.29, 0.717) is 0 Å². The number of unbranched alkanes of at least 4 members (excludes halogenated alkanes) is 10. The molecule has 28 heavy (non-hydrogen) atoms. The summed E-state index contributed by atoms with van der Waals surface area (Å²) in [6.45, 7) is 5.43. The standard InChI is InChI=1S/C24H38Br2O2/c1-2-22-19-23(27-17-13-9-5-3-7-11-15-25)21-24(20-22)28-18-14-10-6-4-8-12-16-26/h2,19-21H,1,3-18H2. The Labute approximate surface area is 189 Å². The van der Waals surface area contributed by atoms with E-state index in [9.17, 15) is 0 Å². The highest BCUT2D eigenvalue weighted by Gasteiger charge is 2.02. The van der Waals surface area contributed by atoms with Gasteiger partial charge in [-0.05, 0) is 43.4 Å². The second-order valence-corrected chi connectivity index (χ2v) is 8.85. The summed E-state index contributed by atoms with van der Waals surface area (Å²) < 4.78 is 11.9. The van der Waals surface area contributed by atoms with Crippen molar-refractivity contribution in [2.45, 2.75) is 77.0 Å². The van der Waals surface area contributed by atoms with Crippen molar-refractivity contribution < 1.29 is 9.47 Å². The third-order valence-corrected chi connectivity index (χ3v) is 5.85. The molecule has 1 aromatic carbocycles. The highest BCUT2D eigenvalue weighted by atomic mass is 79.9. The van der Waals surface area contributed by atoms with Crippen LogP contribution in [0.1, 0.15) is 82.6 Å². The maximum absolute atomic E-state index is 5.96. The molecule has 0 aliphatic rings. The number of rotatable bonds is 19. The summed E-state index contributed by atoms with van der Waals surface area (Å²) in [5.41, 5.74) is 1.05. The molecule has 0 radical (unpaired) electrons. The number of benzene rings is 1. The van der Waals surface area contributed by atoms with Gasteiger partial charge >= 0.3 is 0 Å². The van der Waals surface area contributed by atoms with Gasteiger partial charge in [0.2, 0.25) is 0 Å². The summed E-state index contributed by atoms with van der Waals surface area (Å²) in [5.74, 6) is 1.78. The Morgan fingerprint density at radius 3 is 1.39 bits per heavy atom. The van der Waals surface area contributed by atoms with Crippen LogP contribution in [0.5, 0.6) is 11.5 Å². The fraction of sp³-hybridized carbons (Fsp3) is 0.667. The van der Waals surface area contributed by atoms with Gasteiger partial charge in [0.05, 0.1) is 13.2 Å². The van der Waals surface area contributed by atoms with Gasteiger partial charge in [0.1, 0.15) is 11.5 Å². The van der Waals surface area contributed by atoms with E-state index < -0.39 is 0 Å². The smallest absolute Gasteiger partial charge is 0.123 e. The van der Waals surface area contributed by atoms with Gasteiger partial charge in [-0.15, -0.1) is 0 Å². The molecule has 0 unspecified atom stereocenters. The van der Waals surface area contributed by atoms with E-state index in [4.69, 9.17) is 9.47 Å². The molecule has 0 fully saturated rings. The van der Waals surface area contributed by atoms with Gasteiger partial charge in [-0.2, -0.15) is 0 Å². The first-order chi connectivity index (χ1) is 13.8. The molecule has 4 heteroatoms. The first-order valence-corrected chi connectivity index (χ1v) is 13.2. The molecule has 0 N–H and O–H groups in total. The number of hydrogen-bond donors (Lipinski definition) is 0. The van der Waals surface area contributed by atoms with Gasteiger partial charge < -0.3 is 9.47 Å². The SMILES string of the molecule is C=Cc1cc(OCCCCCCCCBr)cc(OCCCCCCCCBr)c1. The molecular weight excluding hydrogens is 480 g/mol. The fourth-order valence-electron chi connectivity index (χ4n) is 3.07. The average molecular weight is 518 g/mol. The monoisotopic (exact) mass is 516 g/mol. The molecule has 160 valence electrons. The van der Waals surface area contributed by atoms with Crippen LogP contribution in [-0.2, 0) is 0 Å². The van der Waals surface area contributed by atoms with E-state index in [1.54, 1.807) is 0 Å². The van der Waals surface area contributed by atoms with E-state index >= 15 is 0 Å². The van der Waals surface area contributed by atoms with Crippen molar-refractivity contribution in [3.63, 3.8) is 0 Å². The quantitative estimate of drug-likeness (QED) is 0.135. The Morgan fingerprint density at radius 2 is 1.00 bits per heavy atom. The predicted molar refractivity (Wildman–Crippen MR) is 131 cm³/mol. The van der Waals surface area contributed by atoms with Crippen LogP contribution in [0.2, 0.25) is 0 Å². The van der Waals surface area contributed by atoms with Gasteiger partial charge in [-0.25, -0.2) is 0 Å². The van der Waals surface area contributed by atoms with Crippen LogP contribution in [-0.4, -0.2) is 23.9 Å². The van der Waals surface area contributed by atoms with Gasteiger partial charge in [0, 0.05) is 16.7 Å². The first kappa shape index (κ1) is 25.6. The Bertz CT molecular complexity index is 467. The molecule has 0 spiro atoms. The lowest BCUT2D eigenvalue weighted by atomic mass is 10.1. The third kappa shape index (κ3) is 13.7. The molecule has 0 aliphatic carbocycles. The minimum Gasteiger partial charge on any atom is -0.493 e. The van der Waals surface area contributed by atoms with Crippen LogP contribution in [0, 0.1) is 0 Å². The van der Waals surface area contributed by atoms with Crippen molar-refractivity contribution in [3.05, 3.63) is 30.3 Å². The molecule has 2 nitrogen and oxygen atoms in total. The van der Waals surface area contributed by atoms with Crippen molar-refractivity contribution in [2.75, 3.05) is 23.9 Å². The Balaban J connectivity index is 2.23. The van der Waals surface area contributed by atoms with E-state index in [0.717, 1.165) is 53.8 Å². The number of ether oxygens (including phenoxy) is 2. The average Bonchev–Trinajstić information content (AvgIpc) is 2.71. The molecular formula is C24H38Br2O2. The van der Waals surface area contributed by atoms with E-state index in [1.807, 2.05) is 24.3 Å². The number of halogens is 2. The lowest BCUT2D eigenvalue weighted by Crippen LogP contribution is -2.00. The zero-order valence-corrected chi connectivity index (χ0v) is 20.6. The summed E-state index contributed by atoms with van der Waals surface area (Å²) in [4.78, 5) is 0. The van der Waals surface area contributed by atoms with E-state index in [1.165, 1.54) is 64.2 Å². The molecule has 0 heterocycles. The highest BCUT2D eigenvalue weighted by Crippen LogP contribution is 2.24. The summed E-state index contributed by atoms with van der Waals surface area (Å²) >= 11 is 6.97. The number of hydrogen-bond acceptors (Lipinski definition) is 2. The molecule has 0 bridgehead atoms. The van der Waals surface area contributed by atoms with Crippen molar-refractivity contribution in [1.29, 1.82) is 0 Å². The van der Waals surface area contributed by atoms with Gasteiger partial charge in [-0.1, -0.05) is 95.9 Å². The van der Waals surface area contributed by atoms with Crippen LogP contribution >= 0.6 is 31.9 Å². The van der Waals surface area contributed by atoms with E-state index in [2.05, 4.69) is 38.4 Å². The van der Waals surface area contributed by atoms with Crippen LogP contribution in [0.4, 0.5) is 0 Å². The van der Waals surface area contributed by atoms with Crippen LogP contribution in [0.3, 0.4) is 0 Å². The Morgan fingerprint density at radius 1 is 0.607 bits per heavy atom. The topological polar surface area (TPSA) is 18.5 Å². The third-order valence-electron chi connectivity index (χ3n) is 4.73.